The zero-order chi connectivity index (χ0) is 34.7. The molecule has 0 amide bonds. The first kappa shape index (κ1) is 31.9. The van der Waals surface area contributed by atoms with Crippen LogP contribution in [0.5, 0.6) is 11.5 Å². The average molecular weight is 866 g/mol. The summed E-state index contributed by atoms with van der Waals surface area (Å²) < 4.78 is 11.3. The van der Waals surface area contributed by atoms with Gasteiger partial charge in [0.25, 0.3) is 0 Å². The minimum absolute atomic E-state index is 0. The van der Waals surface area contributed by atoms with Gasteiger partial charge >= 0.3 is 0 Å². The number of hydrogen-bond acceptors (Lipinski definition) is 4. The number of anilines is 3. The zero-order valence-corrected chi connectivity index (χ0v) is 31.5. The first-order valence-corrected chi connectivity index (χ1v) is 17.6. The van der Waals surface area contributed by atoms with E-state index < -0.39 is 0 Å². The molecular weight excluding hydrogens is 834 g/mol. The number of fused-ring (bicyclic) bond motifs is 11. The molecule has 5 heterocycles. The molecule has 0 bridgehead atoms. The first-order chi connectivity index (χ1) is 25.4. The van der Waals surface area contributed by atoms with Gasteiger partial charge in [0.05, 0.1) is 22.1 Å². The van der Waals surface area contributed by atoms with Crippen LogP contribution in [0.3, 0.4) is 0 Å². The molecular formula is C46H32N5OPt-3. The summed E-state index contributed by atoms with van der Waals surface area (Å²) in [4.78, 5) is 9.55. The Kier molecular flexibility index (Phi) is 6.96. The number of pyridine rings is 1. The van der Waals surface area contributed by atoms with Crippen molar-refractivity contribution in [3.63, 3.8) is 0 Å². The molecule has 0 aliphatic carbocycles. The Hall–Kier alpha value is -5.84. The monoisotopic (exact) mass is 865 g/mol. The fourth-order valence-corrected chi connectivity index (χ4v) is 8.27. The van der Waals surface area contributed by atoms with Crippen LogP contribution < -0.4 is 14.5 Å². The molecule has 0 unspecified atom stereocenters. The third-order valence-electron chi connectivity index (χ3n) is 10.5. The van der Waals surface area contributed by atoms with Crippen LogP contribution in [-0.4, -0.2) is 19.3 Å². The molecule has 0 N–H and O–H groups in total. The molecule has 7 heteroatoms. The Morgan fingerprint density at radius 3 is 2.08 bits per heavy atom. The predicted octanol–water partition coefficient (Wildman–Crippen LogP) is 11.6. The van der Waals surface area contributed by atoms with Gasteiger partial charge in [-0.05, 0) is 62.6 Å². The largest absolute Gasteiger partial charge is 0.509 e. The maximum Gasteiger partial charge on any atom is 0.143 e. The van der Waals surface area contributed by atoms with Crippen molar-refractivity contribution >= 4 is 82.6 Å². The smallest absolute Gasteiger partial charge is 0.143 e. The molecule has 0 atom stereocenters. The summed E-state index contributed by atoms with van der Waals surface area (Å²) in [7, 11) is 0. The van der Waals surface area contributed by atoms with Crippen LogP contribution in [-0.2, 0) is 21.1 Å². The molecule has 11 rings (SSSR count). The Morgan fingerprint density at radius 2 is 1.23 bits per heavy atom. The second kappa shape index (κ2) is 11.6. The summed E-state index contributed by atoms with van der Waals surface area (Å²) in [6.07, 6.45) is 1.88. The minimum Gasteiger partial charge on any atom is -0.509 e. The van der Waals surface area contributed by atoms with Crippen molar-refractivity contribution < 1.29 is 25.8 Å². The molecule has 1 aliphatic rings. The van der Waals surface area contributed by atoms with Crippen molar-refractivity contribution in [1.29, 1.82) is 0 Å². The van der Waals surface area contributed by atoms with Crippen molar-refractivity contribution in [3.8, 4) is 11.5 Å². The number of ether oxygens (including phenoxy) is 1. The number of nitrogens with zero attached hydrogens (tertiary/aromatic N) is 5. The number of para-hydroxylation sites is 5. The number of aromatic nitrogens is 3. The van der Waals surface area contributed by atoms with E-state index in [0.29, 0.717) is 11.5 Å². The SMILES string of the molecule is CC(C)(C)N1[CH-]N(c2[c-]c(Oc3[c-]c4c(cc3)c3cccc5c3n4c3ncccc3c3cccc4c6ccccc6n5c43)ccc2)c2ccccc21.[Pt]. The number of hydrogen-bond donors (Lipinski definition) is 0. The fraction of sp³-hybridized carbons (Fsp3) is 0.0870. The van der Waals surface area contributed by atoms with Crippen molar-refractivity contribution in [2.75, 3.05) is 9.80 Å². The van der Waals surface area contributed by atoms with E-state index in [4.69, 9.17) is 9.72 Å². The molecule has 0 saturated heterocycles. The molecule has 0 fully saturated rings. The summed E-state index contributed by atoms with van der Waals surface area (Å²) in [5, 5.41) is 6.89. The van der Waals surface area contributed by atoms with Crippen molar-refractivity contribution in [3.05, 3.63) is 152 Å². The van der Waals surface area contributed by atoms with Gasteiger partial charge < -0.3 is 23.3 Å². The van der Waals surface area contributed by atoms with Crippen LogP contribution in [0.2, 0.25) is 0 Å². The third kappa shape index (κ3) is 4.58. The molecule has 6 aromatic carbocycles. The molecule has 53 heavy (non-hydrogen) atoms. The van der Waals surface area contributed by atoms with Crippen LogP contribution in [0.1, 0.15) is 20.8 Å². The van der Waals surface area contributed by atoms with Crippen LogP contribution in [0.25, 0.3) is 65.5 Å². The fourth-order valence-electron chi connectivity index (χ4n) is 8.27. The van der Waals surface area contributed by atoms with Crippen LogP contribution in [0.15, 0.2) is 134 Å². The normalized spacial score (nSPS) is 13.3. The maximum atomic E-state index is 6.60. The van der Waals surface area contributed by atoms with E-state index in [2.05, 4.69) is 161 Å². The second-order valence-electron chi connectivity index (χ2n) is 14.5. The van der Waals surface area contributed by atoms with Crippen molar-refractivity contribution in [2.24, 2.45) is 0 Å². The van der Waals surface area contributed by atoms with Crippen LogP contribution in [0, 0.1) is 18.8 Å². The van der Waals surface area contributed by atoms with Gasteiger partial charge in [-0.25, -0.2) is 4.98 Å². The van der Waals surface area contributed by atoms with E-state index >= 15 is 0 Å². The molecule has 0 spiro atoms. The molecule has 260 valence electrons. The third-order valence-corrected chi connectivity index (χ3v) is 10.5. The molecule has 4 aromatic heterocycles. The summed E-state index contributed by atoms with van der Waals surface area (Å²) in [6.45, 7) is 8.82. The second-order valence-corrected chi connectivity index (χ2v) is 14.5. The summed E-state index contributed by atoms with van der Waals surface area (Å²) in [6, 6.07) is 52.0. The van der Waals surface area contributed by atoms with E-state index in [1.54, 1.807) is 0 Å². The molecule has 0 saturated carbocycles. The van der Waals surface area contributed by atoms with E-state index in [1.807, 2.05) is 30.5 Å². The number of benzene rings is 6. The predicted molar refractivity (Wildman–Crippen MR) is 213 cm³/mol. The Bertz CT molecular complexity index is 3100. The zero-order valence-electron chi connectivity index (χ0n) is 29.2. The standard InChI is InChI=1S/C46H32N5O.Pt/c1-46(2,3)49-28-48(39-20-6-7-21-40(39)49)29-12-8-13-30(26-29)52-31-23-24-33-35-17-10-22-41-44(35)51(42(33)27-31)45-37(18-11-25-47-45)36-16-9-15-34-32-14-4-5-19-38(32)50(41)43(34)36;/h4-25,28H,1-3H3;/q-3;. The van der Waals surface area contributed by atoms with Gasteiger partial charge in [0.15, 0.2) is 0 Å². The average Bonchev–Trinajstić information content (AvgIpc) is 3.83. The summed E-state index contributed by atoms with van der Waals surface area (Å²) >= 11 is 0. The van der Waals surface area contributed by atoms with Gasteiger partial charge in [-0.1, -0.05) is 66.2 Å². The molecule has 1 aliphatic heterocycles. The summed E-state index contributed by atoms with van der Waals surface area (Å²) in [5.41, 5.74) is 9.43. The Labute approximate surface area is 320 Å². The van der Waals surface area contributed by atoms with Gasteiger partial charge in [0.2, 0.25) is 0 Å². The number of rotatable bonds is 3. The topological polar surface area (TPSA) is 37.4 Å². The minimum atomic E-state index is -0.0852. The molecule has 0 radical (unpaired) electrons. The van der Waals surface area contributed by atoms with E-state index in [0.717, 1.165) is 55.1 Å². The van der Waals surface area contributed by atoms with Gasteiger partial charge in [0.1, 0.15) is 5.65 Å². The van der Waals surface area contributed by atoms with Crippen molar-refractivity contribution in [1.82, 2.24) is 13.8 Å². The first-order valence-electron chi connectivity index (χ1n) is 17.6. The van der Waals surface area contributed by atoms with Crippen molar-refractivity contribution in [2.45, 2.75) is 26.3 Å². The van der Waals surface area contributed by atoms with E-state index in [1.165, 1.54) is 27.5 Å². The quantitative estimate of drug-likeness (QED) is 0.166. The van der Waals surface area contributed by atoms with Crippen LogP contribution in [0.4, 0.5) is 17.1 Å². The van der Waals surface area contributed by atoms with Gasteiger partial charge in [-0.2, -0.15) is 18.8 Å². The van der Waals surface area contributed by atoms with E-state index in [9.17, 15) is 0 Å². The molecule has 6 nitrogen and oxygen atoms in total. The van der Waals surface area contributed by atoms with Crippen LogP contribution >= 0.6 is 0 Å². The Morgan fingerprint density at radius 1 is 0.566 bits per heavy atom. The Balaban J connectivity index is 0.00000349. The van der Waals surface area contributed by atoms with Gasteiger partial charge in [-0.15, -0.1) is 41.4 Å². The van der Waals surface area contributed by atoms with Gasteiger partial charge in [0, 0.05) is 77.2 Å². The van der Waals surface area contributed by atoms with E-state index in [-0.39, 0.29) is 26.6 Å². The summed E-state index contributed by atoms with van der Waals surface area (Å²) in [5.74, 6) is 1.23. The maximum absolute atomic E-state index is 6.60. The molecule has 10 aromatic rings. The van der Waals surface area contributed by atoms with Gasteiger partial charge in [-0.3, -0.25) is 0 Å².